The van der Waals surface area contributed by atoms with Crippen LogP contribution in [0.2, 0.25) is 0 Å². The quantitative estimate of drug-likeness (QED) is 0.732. The second-order valence-corrected chi connectivity index (χ2v) is 8.26. The minimum atomic E-state index is 0.00148. The molecule has 0 aliphatic carbocycles. The number of nitrogens with zero attached hydrogens (tertiary/aromatic N) is 2. The van der Waals surface area contributed by atoms with Crippen LogP contribution in [0.3, 0.4) is 0 Å². The second-order valence-electron chi connectivity index (χ2n) is 8.26. The first kappa shape index (κ1) is 20.3. The van der Waals surface area contributed by atoms with Crippen LogP contribution in [-0.4, -0.2) is 54.4 Å². The van der Waals surface area contributed by atoms with Crippen molar-refractivity contribution in [3.05, 3.63) is 29.8 Å². The number of ether oxygens (including phenoxy) is 1. The molecule has 1 fully saturated rings. The highest BCUT2D eigenvalue weighted by Crippen LogP contribution is 2.20. The third-order valence-electron chi connectivity index (χ3n) is 4.49. The number of aryl methyl sites for hydroxylation is 1. The van der Waals surface area contributed by atoms with E-state index < -0.39 is 0 Å². The Morgan fingerprint density at radius 1 is 0.962 bits per heavy atom. The second kappa shape index (κ2) is 9.06. The molecular formula is C21H32N2O3. The summed E-state index contributed by atoms with van der Waals surface area (Å²) in [5, 5.41) is 0. The van der Waals surface area contributed by atoms with E-state index in [1.165, 1.54) is 5.56 Å². The number of amides is 2. The van der Waals surface area contributed by atoms with Gasteiger partial charge in [0.05, 0.1) is 6.61 Å². The Balaban J connectivity index is 1.65. The molecule has 1 heterocycles. The van der Waals surface area contributed by atoms with Gasteiger partial charge in [0, 0.05) is 39.0 Å². The molecule has 0 saturated carbocycles. The van der Waals surface area contributed by atoms with Gasteiger partial charge in [0.25, 0.3) is 0 Å². The zero-order valence-corrected chi connectivity index (χ0v) is 16.6. The van der Waals surface area contributed by atoms with Gasteiger partial charge in [-0.15, -0.1) is 0 Å². The van der Waals surface area contributed by atoms with Crippen molar-refractivity contribution in [2.75, 3.05) is 32.8 Å². The maximum absolute atomic E-state index is 12.3. The van der Waals surface area contributed by atoms with Gasteiger partial charge in [-0.05, 0) is 30.9 Å². The lowest BCUT2D eigenvalue weighted by Crippen LogP contribution is -2.51. The van der Waals surface area contributed by atoms with Crippen LogP contribution in [0.25, 0.3) is 0 Å². The van der Waals surface area contributed by atoms with Gasteiger partial charge in [0.2, 0.25) is 11.8 Å². The van der Waals surface area contributed by atoms with Crippen molar-refractivity contribution in [2.24, 2.45) is 5.41 Å². The lowest BCUT2D eigenvalue weighted by atomic mass is 9.91. The van der Waals surface area contributed by atoms with E-state index in [2.05, 4.69) is 20.8 Å². The summed E-state index contributed by atoms with van der Waals surface area (Å²) < 4.78 is 5.67. The van der Waals surface area contributed by atoms with Crippen LogP contribution in [0.15, 0.2) is 24.3 Å². The third kappa shape index (κ3) is 6.70. The van der Waals surface area contributed by atoms with Crippen molar-refractivity contribution < 1.29 is 14.3 Å². The SMILES string of the molecule is Cc1ccc(OCCCC(=O)N2CCN(C(=O)CC(C)(C)C)CC2)cc1. The van der Waals surface area contributed by atoms with Crippen LogP contribution >= 0.6 is 0 Å². The Morgan fingerprint density at radius 3 is 2.04 bits per heavy atom. The molecule has 5 heteroatoms. The van der Waals surface area contributed by atoms with Crippen LogP contribution in [0, 0.1) is 12.3 Å². The first-order valence-electron chi connectivity index (χ1n) is 9.50. The predicted octanol–water partition coefficient (Wildman–Crippen LogP) is 3.26. The number of carbonyl (C=O) groups is 2. The summed E-state index contributed by atoms with van der Waals surface area (Å²) in [6.45, 7) is 11.3. The molecule has 1 aliphatic rings. The van der Waals surface area contributed by atoms with Crippen LogP contribution in [0.1, 0.15) is 45.6 Å². The van der Waals surface area contributed by atoms with Gasteiger partial charge >= 0.3 is 0 Å². The molecule has 5 nitrogen and oxygen atoms in total. The van der Waals surface area contributed by atoms with Gasteiger partial charge in [-0.2, -0.15) is 0 Å². The molecular weight excluding hydrogens is 328 g/mol. The van der Waals surface area contributed by atoms with Crippen molar-refractivity contribution in [1.29, 1.82) is 0 Å². The molecule has 1 aromatic rings. The van der Waals surface area contributed by atoms with Crippen LogP contribution < -0.4 is 4.74 Å². The lowest BCUT2D eigenvalue weighted by molar-refractivity contribution is -0.140. The molecule has 1 aliphatic heterocycles. The van der Waals surface area contributed by atoms with Crippen LogP contribution in [0.5, 0.6) is 5.75 Å². The Morgan fingerprint density at radius 2 is 1.50 bits per heavy atom. The maximum atomic E-state index is 12.3. The average molecular weight is 360 g/mol. The Labute approximate surface area is 157 Å². The zero-order valence-electron chi connectivity index (χ0n) is 16.6. The normalized spacial score (nSPS) is 15.1. The molecule has 144 valence electrons. The van der Waals surface area contributed by atoms with Crippen molar-refractivity contribution >= 4 is 11.8 Å². The molecule has 0 radical (unpaired) electrons. The van der Waals surface area contributed by atoms with E-state index in [1.54, 1.807) is 0 Å². The van der Waals surface area contributed by atoms with E-state index in [0.29, 0.717) is 52.0 Å². The van der Waals surface area contributed by atoms with Crippen molar-refractivity contribution in [2.45, 2.75) is 47.0 Å². The van der Waals surface area contributed by atoms with Crippen molar-refractivity contribution in [3.8, 4) is 5.75 Å². The van der Waals surface area contributed by atoms with E-state index in [1.807, 2.05) is 41.0 Å². The first-order valence-corrected chi connectivity index (χ1v) is 9.50. The Kier molecular flexibility index (Phi) is 7.06. The minimum absolute atomic E-state index is 0.00148. The average Bonchev–Trinajstić information content (AvgIpc) is 2.59. The largest absolute Gasteiger partial charge is 0.494 e. The highest BCUT2D eigenvalue weighted by atomic mass is 16.5. The Hall–Kier alpha value is -2.04. The van der Waals surface area contributed by atoms with Crippen LogP contribution in [0.4, 0.5) is 0 Å². The summed E-state index contributed by atoms with van der Waals surface area (Å²) in [6, 6.07) is 7.93. The highest BCUT2D eigenvalue weighted by Gasteiger charge is 2.26. The first-order chi connectivity index (χ1) is 12.2. The number of benzene rings is 1. The van der Waals surface area contributed by atoms with Gasteiger partial charge in [0.1, 0.15) is 5.75 Å². The number of piperazine rings is 1. The highest BCUT2D eigenvalue weighted by molar-refractivity contribution is 5.78. The predicted molar refractivity (Wildman–Crippen MR) is 103 cm³/mol. The molecule has 0 unspecified atom stereocenters. The van der Waals surface area contributed by atoms with E-state index in [4.69, 9.17) is 4.74 Å². The third-order valence-corrected chi connectivity index (χ3v) is 4.49. The molecule has 0 spiro atoms. The summed E-state index contributed by atoms with van der Waals surface area (Å²) in [5.41, 5.74) is 1.20. The van der Waals surface area contributed by atoms with Crippen LogP contribution in [-0.2, 0) is 9.59 Å². The molecule has 1 aromatic carbocycles. The fraction of sp³-hybridized carbons (Fsp3) is 0.619. The van der Waals surface area contributed by atoms with Crippen molar-refractivity contribution in [3.63, 3.8) is 0 Å². The number of rotatable bonds is 6. The molecule has 2 rings (SSSR count). The van der Waals surface area contributed by atoms with E-state index in [9.17, 15) is 9.59 Å². The van der Waals surface area contributed by atoms with E-state index >= 15 is 0 Å². The minimum Gasteiger partial charge on any atom is -0.494 e. The summed E-state index contributed by atoms with van der Waals surface area (Å²) in [4.78, 5) is 28.3. The van der Waals surface area contributed by atoms with Gasteiger partial charge in [-0.25, -0.2) is 0 Å². The van der Waals surface area contributed by atoms with Gasteiger partial charge in [-0.3, -0.25) is 9.59 Å². The summed E-state index contributed by atoms with van der Waals surface area (Å²) >= 11 is 0. The molecule has 2 amide bonds. The monoisotopic (exact) mass is 360 g/mol. The molecule has 0 aromatic heterocycles. The summed E-state index contributed by atoms with van der Waals surface area (Å²) in [6.07, 6.45) is 1.75. The Bertz CT molecular complexity index is 597. The molecule has 0 atom stereocenters. The topological polar surface area (TPSA) is 49.9 Å². The fourth-order valence-corrected chi connectivity index (χ4v) is 2.98. The molecule has 1 saturated heterocycles. The van der Waals surface area contributed by atoms with Gasteiger partial charge < -0.3 is 14.5 Å². The smallest absolute Gasteiger partial charge is 0.223 e. The fourth-order valence-electron chi connectivity index (χ4n) is 2.98. The van der Waals surface area contributed by atoms with Crippen molar-refractivity contribution in [1.82, 2.24) is 9.80 Å². The standard InChI is InChI=1S/C21H32N2O3/c1-17-7-9-18(10-8-17)26-15-5-6-19(24)22-11-13-23(14-12-22)20(25)16-21(2,3)4/h7-10H,5-6,11-16H2,1-4H3. The number of hydrogen-bond donors (Lipinski definition) is 0. The summed E-state index contributed by atoms with van der Waals surface area (Å²) in [5.74, 6) is 1.19. The molecule has 0 bridgehead atoms. The molecule has 26 heavy (non-hydrogen) atoms. The van der Waals surface area contributed by atoms with E-state index in [-0.39, 0.29) is 17.2 Å². The lowest BCUT2D eigenvalue weighted by Gasteiger charge is -2.36. The summed E-state index contributed by atoms with van der Waals surface area (Å²) in [7, 11) is 0. The molecule has 0 N–H and O–H groups in total. The zero-order chi connectivity index (χ0) is 19.2. The number of carbonyl (C=O) groups excluding carboxylic acids is 2. The maximum Gasteiger partial charge on any atom is 0.223 e. The van der Waals surface area contributed by atoms with Gasteiger partial charge in [0.15, 0.2) is 0 Å². The van der Waals surface area contributed by atoms with E-state index in [0.717, 1.165) is 5.75 Å². The van der Waals surface area contributed by atoms with Gasteiger partial charge in [-0.1, -0.05) is 38.5 Å². The number of hydrogen-bond acceptors (Lipinski definition) is 3.